The Morgan fingerprint density at radius 3 is 2.48 bits per heavy atom. The van der Waals surface area contributed by atoms with Crippen LogP contribution in [0.5, 0.6) is 0 Å². The number of nitrogens with zero attached hydrogens (tertiary/aromatic N) is 1. The maximum Gasteiger partial charge on any atom is 0.264 e. The number of Topliss-reactive ketones (excluding diaryl/α,β-unsaturated/α-hetero) is 1. The molecule has 0 N–H and O–H groups in total. The summed E-state index contributed by atoms with van der Waals surface area (Å²) in [4.78, 5) is 11.7. The standard InChI is InChI=1S/C17H16ClNO3S/c1-12(20)13-4-9-17-14(11-13)3-2-10-19(17)23(21,22)16-7-5-15(18)6-8-16/h4-9,11H,2-3,10H2,1H3. The van der Waals surface area contributed by atoms with Crippen LogP contribution in [-0.2, 0) is 16.4 Å². The molecule has 2 aromatic carbocycles. The number of anilines is 1. The third-order valence-electron chi connectivity index (χ3n) is 3.96. The smallest absolute Gasteiger partial charge is 0.264 e. The zero-order chi connectivity index (χ0) is 16.6. The van der Waals surface area contributed by atoms with Crippen LogP contribution in [-0.4, -0.2) is 20.7 Å². The molecule has 4 nitrogen and oxygen atoms in total. The number of aryl methyl sites for hydroxylation is 1. The van der Waals surface area contributed by atoms with Gasteiger partial charge in [0.2, 0.25) is 0 Å². The molecule has 1 aliphatic rings. The lowest BCUT2D eigenvalue weighted by molar-refractivity contribution is 0.101. The van der Waals surface area contributed by atoms with Crippen LogP contribution < -0.4 is 4.31 Å². The zero-order valence-electron chi connectivity index (χ0n) is 12.6. The molecular weight excluding hydrogens is 334 g/mol. The molecule has 23 heavy (non-hydrogen) atoms. The number of rotatable bonds is 3. The van der Waals surface area contributed by atoms with E-state index in [4.69, 9.17) is 11.6 Å². The highest BCUT2D eigenvalue weighted by atomic mass is 35.5. The van der Waals surface area contributed by atoms with Crippen LogP contribution in [0.3, 0.4) is 0 Å². The Kier molecular flexibility index (Phi) is 4.17. The topological polar surface area (TPSA) is 54.5 Å². The fourth-order valence-electron chi connectivity index (χ4n) is 2.77. The average Bonchev–Trinajstić information content (AvgIpc) is 2.54. The largest absolute Gasteiger partial charge is 0.295 e. The van der Waals surface area contributed by atoms with Crippen LogP contribution in [0, 0.1) is 0 Å². The number of fused-ring (bicyclic) bond motifs is 1. The minimum atomic E-state index is -3.64. The molecule has 0 aromatic heterocycles. The molecule has 0 spiro atoms. The second kappa shape index (κ2) is 5.98. The summed E-state index contributed by atoms with van der Waals surface area (Å²) in [6.07, 6.45) is 1.49. The molecule has 2 aromatic rings. The Morgan fingerprint density at radius 1 is 1.13 bits per heavy atom. The van der Waals surface area contributed by atoms with E-state index < -0.39 is 10.0 Å². The predicted molar refractivity (Wildman–Crippen MR) is 90.8 cm³/mol. The Bertz CT molecular complexity index is 860. The van der Waals surface area contributed by atoms with Crippen LogP contribution >= 0.6 is 11.6 Å². The van der Waals surface area contributed by atoms with Gasteiger partial charge in [-0.05, 0) is 67.8 Å². The summed E-state index contributed by atoms with van der Waals surface area (Å²) < 4.78 is 27.2. The van der Waals surface area contributed by atoms with Crippen LogP contribution in [0.25, 0.3) is 0 Å². The zero-order valence-corrected chi connectivity index (χ0v) is 14.2. The highest BCUT2D eigenvalue weighted by Crippen LogP contribution is 2.33. The summed E-state index contributed by atoms with van der Waals surface area (Å²) in [5.74, 6) is -0.0227. The summed E-state index contributed by atoms with van der Waals surface area (Å²) in [6, 6.07) is 11.3. The molecule has 3 rings (SSSR count). The SMILES string of the molecule is CC(=O)c1ccc2c(c1)CCCN2S(=O)(=O)c1ccc(Cl)cc1. The number of carbonyl (C=O) groups excluding carboxylic acids is 1. The van der Waals surface area contributed by atoms with Gasteiger partial charge in [0.05, 0.1) is 10.6 Å². The molecule has 0 fully saturated rings. The summed E-state index contributed by atoms with van der Waals surface area (Å²) in [5.41, 5.74) is 2.15. The molecule has 0 aliphatic carbocycles. The number of hydrogen-bond acceptors (Lipinski definition) is 3. The van der Waals surface area contributed by atoms with Gasteiger partial charge in [-0.25, -0.2) is 8.42 Å². The van der Waals surface area contributed by atoms with Crippen molar-refractivity contribution in [3.05, 3.63) is 58.6 Å². The molecule has 0 saturated carbocycles. The average molecular weight is 350 g/mol. The van der Waals surface area contributed by atoms with E-state index in [0.717, 1.165) is 18.4 Å². The normalized spacial score (nSPS) is 14.4. The quantitative estimate of drug-likeness (QED) is 0.794. The van der Waals surface area contributed by atoms with Crippen molar-refractivity contribution >= 4 is 33.1 Å². The molecule has 0 radical (unpaired) electrons. The Morgan fingerprint density at radius 2 is 1.83 bits per heavy atom. The maximum absolute atomic E-state index is 12.9. The van der Waals surface area contributed by atoms with Gasteiger partial charge in [0.1, 0.15) is 0 Å². The predicted octanol–water partition coefficient (Wildman–Crippen LogP) is 3.68. The minimum absolute atomic E-state index is 0.0227. The minimum Gasteiger partial charge on any atom is -0.295 e. The first-order valence-corrected chi connectivity index (χ1v) is 9.13. The van der Waals surface area contributed by atoms with Gasteiger partial charge in [0.15, 0.2) is 5.78 Å². The first kappa shape index (κ1) is 16.0. The lowest BCUT2D eigenvalue weighted by Crippen LogP contribution is -2.35. The Hall–Kier alpha value is -1.85. The van der Waals surface area contributed by atoms with Gasteiger partial charge >= 0.3 is 0 Å². The number of sulfonamides is 1. The van der Waals surface area contributed by atoms with E-state index in [2.05, 4.69) is 0 Å². The van der Waals surface area contributed by atoms with Gasteiger partial charge in [-0.3, -0.25) is 9.10 Å². The third kappa shape index (κ3) is 2.99. The van der Waals surface area contributed by atoms with Gasteiger partial charge in [-0.1, -0.05) is 11.6 Å². The molecule has 1 aliphatic heterocycles. The molecule has 0 amide bonds. The van der Waals surface area contributed by atoms with E-state index in [0.29, 0.717) is 22.8 Å². The van der Waals surface area contributed by atoms with Gasteiger partial charge in [-0.2, -0.15) is 0 Å². The number of hydrogen-bond donors (Lipinski definition) is 0. The first-order chi connectivity index (χ1) is 10.9. The van der Waals surface area contributed by atoms with Gasteiger partial charge in [-0.15, -0.1) is 0 Å². The fraction of sp³-hybridized carbons (Fsp3) is 0.235. The Labute approximate surface area is 140 Å². The monoisotopic (exact) mass is 349 g/mol. The van der Waals surface area contributed by atoms with Crippen molar-refractivity contribution in [2.45, 2.75) is 24.7 Å². The van der Waals surface area contributed by atoms with Gasteiger partial charge in [0.25, 0.3) is 10.0 Å². The van der Waals surface area contributed by atoms with E-state index in [1.54, 1.807) is 30.3 Å². The van der Waals surface area contributed by atoms with E-state index in [-0.39, 0.29) is 10.7 Å². The highest BCUT2D eigenvalue weighted by molar-refractivity contribution is 7.92. The summed E-state index contributed by atoms with van der Waals surface area (Å²) in [5, 5.41) is 0.495. The number of ketones is 1. The van der Waals surface area contributed by atoms with Crippen molar-refractivity contribution in [1.82, 2.24) is 0 Å². The molecule has 0 saturated heterocycles. The molecule has 120 valence electrons. The van der Waals surface area contributed by atoms with E-state index in [1.807, 2.05) is 0 Å². The van der Waals surface area contributed by atoms with Crippen LogP contribution in [0.4, 0.5) is 5.69 Å². The molecule has 0 unspecified atom stereocenters. The van der Waals surface area contributed by atoms with E-state index in [1.165, 1.54) is 23.4 Å². The van der Waals surface area contributed by atoms with Crippen LogP contribution in [0.1, 0.15) is 29.3 Å². The van der Waals surface area contributed by atoms with Crippen molar-refractivity contribution in [2.24, 2.45) is 0 Å². The van der Waals surface area contributed by atoms with Crippen molar-refractivity contribution in [3.63, 3.8) is 0 Å². The van der Waals surface area contributed by atoms with Crippen molar-refractivity contribution in [1.29, 1.82) is 0 Å². The summed E-state index contributed by atoms with van der Waals surface area (Å²) >= 11 is 5.84. The number of benzene rings is 2. The highest BCUT2D eigenvalue weighted by Gasteiger charge is 2.29. The second-order valence-electron chi connectivity index (χ2n) is 5.53. The van der Waals surface area contributed by atoms with Crippen molar-refractivity contribution < 1.29 is 13.2 Å². The first-order valence-electron chi connectivity index (χ1n) is 7.32. The molecule has 0 atom stereocenters. The van der Waals surface area contributed by atoms with Crippen molar-refractivity contribution in [3.8, 4) is 0 Å². The number of halogens is 1. The number of carbonyl (C=O) groups is 1. The maximum atomic E-state index is 12.9. The summed E-state index contributed by atoms with van der Waals surface area (Å²) in [6.45, 7) is 1.93. The fourth-order valence-corrected chi connectivity index (χ4v) is 4.43. The van der Waals surface area contributed by atoms with Crippen molar-refractivity contribution in [2.75, 3.05) is 10.8 Å². The molecule has 1 heterocycles. The van der Waals surface area contributed by atoms with E-state index in [9.17, 15) is 13.2 Å². The molecule has 6 heteroatoms. The second-order valence-corrected chi connectivity index (χ2v) is 7.83. The van der Waals surface area contributed by atoms with Crippen LogP contribution in [0.15, 0.2) is 47.4 Å². The third-order valence-corrected chi connectivity index (χ3v) is 6.04. The summed E-state index contributed by atoms with van der Waals surface area (Å²) in [7, 11) is -3.64. The van der Waals surface area contributed by atoms with E-state index >= 15 is 0 Å². The lowest BCUT2D eigenvalue weighted by atomic mass is 9.99. The molecular formula is C17H16ClNO3S. The van der Waals surface area contributed by atoms with Gasteiger partial charge < -0.3 is 0 Å². The van der Waals surface area contributed by atoms with Gasteiger partial charge in [0, 0.05) is 17.1 Å². The molecule has 0 bridgehead atoms. The lowest BCUT2D eigenvalue weighted by Gasteiger charge is -2.30. The van der Waals surface area contributed by atoms with Crippen LogP contribution in [0.2, 0.25) is 5.02 Å². The Balaban J connectivity index is 2.06.